The Hall–Kier alpha value is -1.10. The smallest absolute Gasteiger partial charge is 0.328 e. The number of esters is 1. The monoisotopic (exact) mass is 244 g/mol. The van der Waals surface area contributed by atoms with E-state index in [1.807, 2.05) is 13.8 Å². The van der Waals surface area contributed by atoms with Crippen LogP contribution in [0.5, 0.6) is 0 Å². The van der Waals surface area contributed by atoms with Gasteiger partial charge in [0, 0.05) is 0 Å². The van der Waals surface area contributed by atoms with Crippen LogP contribution in [0.1, 0.15) is 46.5 Å². The quantitative estimate of drug-likeness (QED) is 0.623. The molecule has 2 atom stereocenters. The van der Waals surface area contributed by atoms with Crippen LogP contribution in [-0.2, 0) is 14.3 Å². The molecule has 0 aromatic carbocycles. The second-order valence-electron chi connectivity index (χ2n) is 4.00. The van der Waals surface area contributed by atoms with Gasteiger partial charge in [-0.25, -0.2) is 4.79 Å². The maximum atomic E-state index is 11.7. The Labute approximate surface area is 103 Å². The molecule has 0 saturated heterocycles. The highest BCUT2D eigenvalue weighted by Crippen LogP contribution is 2.01. The number of hydrogen-bond donors (Lipinski definition) is 2. The lowest BCUT2D eigenvalue weighted by atomic mass is 10.1. The first-order valence-electron chi connectivity index (χ1n) is 6.29. The standard InChI is InChI=1S/C12H24N2O3/c1-4-7-9(13)11(15)14-10(8-5-2)12(16)17-6-3/h9-10H,4-8,13H2,1-3H3,(H,14,15)/t9-,10-/m0/s1. The van der Waals surface area contributed by atoms with E-state index in [-0.39, 0.29) is 11.9 Å². The molecular formula is C12H24N2O3. The summed E-state index contributed by atoms with van der Waals surface area (Å²) in [7, 11) is 0. The van der Waals surface area contributed by atoms with E-state index in [0.717, 1.165) is 12.8 Å². The van der Waals surface area contributed by atoms with Gasteiger partial charge in [0.25, 0.3) is 0 Å². The third-order valence-electron chi connectivity index (χ3n) is 2.40. The number of carbonyl (C=O) groups excluding carboxylic acids is 2. The molecule has 0 rings (SSSR count). The fourth-order valence-corrected chi connectivity index (χ4v) is 1.50. The van der Waals surface area contributed by atoms with Crippen molar-refractivity contribution >= 4 is 11.9 Å². The predicted molar refractivity (Wildman–Crippen MR) is 66.4 cm³/mol. The maximum Gasteiger partial charge on any atom is 0.328 e. The van der Waals surface area contributed by atoms with Crippen molar-refractivity contribution in [1.29, 1.82) is 0 Å². The van der Waals surface area contributed by atoms with Crippen molar-refractivity contribution in [2.75, 3.05) is 6.61 Å². The fourth-order valence-electron chi connectivity index (χ4n) is 1.50. The Bertz CT molecular complexity index is 244. The average Bonchev–Trinajstić information content (AvgIpc) is 2.29. The fraction of sp³-hybridized carbons (Fsp3) is 0.833. The first-order chi connectivity index (χ1) is 8.06. The molecule has 0 heterocycles. The molecule has 0 aliphatic heterocycles. The first-order valence-corrected chi connectivity index (χ1v) is 6.29. The van der Waals surface area contributed by atoms with Gasteiger partial charge in [0.15, 0.2) is 0 Å². The van der Waals surface area contributed by atoms with Crippen molar-refractivity contribution in [2.45, 2.75) is 58.5 Å². The molecule has 0 spiro atoms. The van der Waals surface area contributed by atoms with Gasteiger partial charge in [-0.2, -0.15) is 0 Å². The second-order valence-corrected chi connectivity index (χ2v) is 4.00. The summed E-state index contributed by atoms with van der Waals surface area (Å²) in [5.41, 5.74) is 5.68. The van der Waals surface area contributed by atoms with Crippen molar-refractivity contribution in [3.8, 4) is 0 Å². The molecular weight excluding hydrogens is 220 g/mol. The molecule has 0 fully saturated rings. The highest BCUT2D eigenvalue weighted by molar-refractivity contribution is 5.87. The average molecular weight is 244 g/mol. The topological polar surface area (TPSA) is 81.4 Å². The van der Waals surface area contributed by atoms with Gasteiger partial charge in [-0.05, 0) is 19.8 Å². The van der Waals surface area contributed by atoms with Gasteiger partial charge < -0.3 is 15.8 Å². The number of nitrogens with one attached hydrogen (secondary N) is 1. The van der Waals surface area contributed by atoms with Crippen LogP contribution in [0.4, 0.5) is 0 Å². The molecule has 0 aromatic rings. The van der Waals surface area contributed by atoms with Crippen molar-refractivity contribution in [1.82, 2.24) is 5.32 Å². The zero-order valence-electron chi connectivity index (χ0n) is 11.0. The molecule has 0 saturated carbocycles. The molecule has 0 bridgehead atoms. The van der Waals surface area contributed by atoms with Crippen LogP contribution >= 0.6 is 0 Å². The second kappa shape index (κ2) is 8.98. The van der Waals surface area contributed by atoms with Crippen molar-refractivity contribution < 1.29 is 14.3 Å². The number of ether oxygens (including phenoxy) is 1. The molecule has 5 heteroatoms. The third kappa shape index (κ3) is 6.26. The number of amides is 1. The number of carbonyl (C=O) groups is 2. The third-order valence-corrected chi connectivity index (χ3v) is 2.40. The minimum absolute atomic E-state index is 0.279. The molecule has 3 N–H and O–H groups in total. The van der Waals surface area contributed by atoms with Crippen LogP contribution in [0.25, 0.3) is 0 Å². The summed E-state index contributed by atoms with van der Waals surface area (Å²) in [5, 5.41) is 2.65. The van der Waals surface area contributed by atoms with Crippen LogP contribution in [0.15, 0.2) is 0 Å². The summed E-state index contributed by atoms with van der Waals surface area (Å²) < 4.78 is 4.90. The molecule has 0 aromatic heterocycles. The Kier molecular flexibility index (Phi) is 8.40. The largest absolute Gasteiger partial charge is 0.464 e. The van der Waals surface area contributed by atoms with E-state index in [1.54, 1.807) is 6.92 Å². The SMILES string of the molecule is CCC[C@H](NC(=O)[C@@H](N)CCC)C(=O)OCC. The number of hydrogen-bond acceptors (Lipinski definition) is 4. The Morgan fingerprint density at radius 3 is 2.24 bits per heavy atom. The highest BCUT2D eigenvalue weighted by Gasteiger charge is 2.23. The van der Waals surface area contributed by atoms with Gasteiger partial charge in [-0.3, -0.25) is 4.79 Å². The van der Waals surface area contributed by atoms with E-state index in [9.17, 15) is 9.59 Å². The Morgan fingerprint density at radius 2 is 1.76 bits per heavy atom. The predicted octanol–water partition coefficient (Wildman–Crippen LogP) is 0.962. The summed E-state index contributed by atoms with van der Waals surface area (Å²) in [6, 6.07) is -1.12. The lowest BCUT2D eigenvalue weighted by Gasteiger charge is -2.19. The van der Waals surface area contributed by atoms with Gasteiger partial charge >= 0.3 is 5.97 Å². The van der Waals surface area contributed by atoms with Gasteiger partial charge in [0.2, 0.25) is 5.91 Å². The van der Waals surface area contributed by atoms with E-state index in [4.69, 9.17) is 10.5 Å². The van der Waals surface area contributed by atoms with Crippen LogP contribution in [-0.4, -0.2) is 30.6 Å². The molecule has 0 aliphatic rings. The van der Waals surface area contributed by atoms with Crippen LogP contribution in [0.2, 0.25) is 0 Å². The molecule has 5 nitrogen and oxygen atoms in total. The Morgan fingerprint density at radius 1 is 1.18 bits per heavy atom. The minimum atomic E-state index is -0.574. The summed E-state index contributed by atoms with van der Waals surface area (Å²) in [6.45, 7) is 5.97. The molecule has 0 unspecified atom stereocenters. The summed E-state index contributed by atoms with van der Waals surface area (Å²) in [5.74, 6) is -0.662. The van der Waals surface area contributed by atoms with Gasteiger partial charge in [-0.1, -0.05) is 26.7 Å². The Balaban J connectivity index is 4.32. The summed E-state index contributed by atoms with van der Waals surface area (Å²) in [6.07, 6.45) is 2.83. The zero-order chi connectivity index (χ0) is 13.3. The highest BCUT2D eigenvalue weighted by atomic mass is 16.5. The summed E-state index contributed by atoms with van der Waals surface area (Å²) >= 11 is 0. The minimum Gasteiger partial charge on any atom is -0.464 e. The molecule has 0 aliphatic carbocycles. The number of nitrogens with two attached hydrogens (primary N) is 1. The number of rotatable bonds is 8. The molecule has 17 heavy (non-hydrogen) atoms. The van der Waals surface area contributed by atoms with Crippen LogP contribution in [0.3, 0.4) is 0 Å². The first kappa shape index (κ1) is 15.9. The lowest BCUT2D eigenvalue weighted by molar-refractivity contribution is -0.147. The van der Waals surface area contributed by atoms with E-state index in [1.165, 1.54) is 0 Å². The normalized spacial score (nSPS) is 13.9. The van der Waals surface area contributed by atoms with Crippen molar-refractivity contribution in [2.24, 2.45) is 5.73 Å². The van der Waals surface area contributed by atoms with E-state index in [0.29, 0.717) is 19.4 Å². The van der Waals surface area contributed by atoms with E-state index < -0.39 is 12.1 Å². The van der Waals surface area contributed by atoms with Gasteiger partial charge in [0.1, 0.15) is 6.04 Å². The van der Waals surface area contributed by atoms with Gasteiger partial charge in [0.05, 0.1) is 12.6 Å². The maximum absolute atomic E-state index is 11.7. The molecule has 0 radical (unpaired) electrons. The zero-order valence-corrected chi connectivity index (χ0v) is 11.0. The van der Waals surface area contributed by atoms with E-state index >= 15 is 0 Å². The van der Waals surface area contributed by atoms with Crippen LogP contribution in [0, 0.1) is 0 Å². The molecule has 100 valence electrons. The van der Waals surface area contributed by atoms with Crippen molar-refractivity contribution in [3.05, 3.63) is 0 Å². The van der Waals surface area contributed by atoms with Crippen molar-refractivity contribution in [3.63, 3.8) is 0 Å². The molecule has 1 amide bonds. The van der Waals surface area contributed by atoms with Gasteiger partial charge in [-0.15, -0.1) is 0 Å². The summed E-state index contributed by atoms with van der Waals surface area (Å²) in [4.78, 5) is 23.3. The van der Waals surface area contributed by atoms with E-state index in [2.05, 4.69) is 5.32 Å². The van der Waals surface area contributed by atoms with Crippen LogP contribution < -0.4 is 11.1 Å². The lowest BCUT2D eigenvalue weighted by Crippen LogP contribution is -2.48.